The first kappa shape index (κ1) is 11.2. The number of aromatic nitrogens is 1. The van der Waals surface area contributed by atoms with Crippen molar-refractivity contribution in [3.63, 3.8) is 0 Å². The van der Waals surface area contributed by atoms with E-state index in [1.165, 1.54) is 6.20 Å². The number of anilines is 1. The van der Waals surface area contributed by atoms with E-state index in [1.807, 2.05) is 0 Å². The van der Waals surface area contributed by atoms with Crippen molar-refractivity contribution in [2.24, 2.45) is 5.11 Å². The lowest BCUT2D eigenvalue weighted by Crippen LogP contribution is -1.89. The molecule has 0 amide bonds. The van der Waals surface area contributed by atoms with Crippen molar-refractivity contribution in [3.05, 3.63) is 33.4 Å². The van der Waals surface area contributed by atoms with Gasteiger partial charge < -0.3 is 5.73 Å². The summed E-state index contributed by atoms with van der Waals surface area (Å²) in [4.78, 5) is 6.46. The highest BCUT2D eigenvalue weighted by Crippen LogP contribution is 2.13. The maximum absolute atomic E-state index is 8.03. The van der Waals surface area contributed by atoms with E-state index in [9.17, 15) is 0 Å². The van der Waals surface area contributed by atoms with Crippen LogP contribution >= 0.6 is 11.6 Å². The van der Waals surface area contributed by atoms with Crippen LogP contribution in [0.25, 0.3) is 10.4 Å². The Morgan fingerprint density at radius 3 is 3.20 bits per heavy atom. The summed E-state index contributed by atoms with van der Waals surface area (Å²) in [6.07, 6.45) is 1.95. The predicted octanol–water partition coefficient (Wildman–Crippen LogP) is 2.37. The van der Waals surface area contributed by atoms with Crippen LogP contribution in [0.5, 0.6) is 0 Å². The highest BCUT2D eigenvalue weighted by Gasteiger charge is 1.97. The van der Waals surface area contributed by atoms with Crippen LogP contribution in [0.2, 0.25) is 5.15 Å². The Hall–Kier alpha value is -1.89. The molecule has 1 aromatic heterocycles. The van der Waals surface area contributed by atoms with Crippen LogP contribution in [-0.2, 0) is 0 Å². The average molecular weight is 222 g/mol. The van der Waals surface area contributed by atoms with Crippen molar-refractivity contribution in [2.45, 2.75) is 6.42 Å². The van der Waals surface area contributed by atoms with Crippen LogP contribution < -0.4 is 5.73 Å². The van der Waals surface area contributed by atoms with Crippen molar-refractivity contribution in [1.29, 1.82) is 0 Å². The van der Waals surface area contributed by atoms with Gasteiger partial charge in [0.25, 0.3) is 0 Å². The topological polar surface area (TPSA) is 87.7 Å². The summed E-state index contributed by atoms with van der Waals surface area (Å²) in [5.41, 5.74) is 14.6. The second kappa shape index (κ2) is 5.76. The Morgan fingerprint density at radius 2 is 2.47 bits per heavy atom. The molecule has 0 saturated heterocycles. The van der Waals surface area contributed by atoms with Gasteiger partial charge in [-0.05, 0) is 11.6 Å². The Labute approximate surface area is 91.9 Å². The molecule has 0 bridgehead atoms. The lowest BCUT2D eigenvalue weighted by Gasteiger charge is -1.95. The second-order valence-electron chi connectivity index (χ2n) is 2.61. The number of rotatable bonds is 2. The molecule has 0 atom stereocenters. The van der Waals surface area contributed by atoms with Crippen molar-refractivity contribution in [3.8, 4) is 11.8 Å². The Bertz CT molecular complexity index is 453. The fourth-order valence-electron chi connectivity index (χ4n) is 0.860. The Kier molecular flexibility index (Phi) is 4.30. The van der Waals surface area contributed by atoms with Crippen LogP contribution in [0.4, 0.5) is 5.69 Å². The molecule has 6 heteroatoms. The van der Waals surface area contributed by atoms with Gasteiger partial charge in [-0.15, -0.1) is 0 Å². The van der Waals surface area contributed by atoms with Crippen LogP contribution in [0.1, 0.15) is 12.0 Å². The summed E-state index contributed by atoms with van der Waals surface area (Å²) in [5.74, 6) is 5.61. The molecule has 0 radical (unpaired) electrons. The van der Waals surface area contributed by atoms with Gasteiger partial charge in [0.05, 0.1) is 17.4 Å². The summed E-state index contributed by atoms with van der Waals surface area (Å²) >= 11 is 5.79. The third-order valence-corrected chi connectivity index (χ3v) is 1.78. The smallest absolute Gasteiger partial charge is 0.144 e. The number of halogens is 1. The van der Waals surface area contributed by atoms with Gasteiger partial charge in [-0.2, -0.15) is 0 Å². The molecule has 1 rings (SSSR count). The summed E-state index contributed by atoms with van der Waals surface area (Å²) in [7, 11) is 0. The van der Waals surface area contributed by atoms with Crippen LogP contribution in [0.15, 0.2) is 17.4 Å². The standard InChI is InChI=1S/C9H8ClN5/c10-9-7(5-8(11)6-13-9)3-1-2-4-14-15-12/h5-6H,2,4,11H2. The summed E-state index contributed by atoms with van der Waals surface area (Å²) in [5, 5.41) is 3.67. The van der Waals surface area contributed by atoms with E-state index in [0.29, 0.717) is 29.4 Å². The predicted molar refractivity (Wildman–Crippen MR) is 59.2 cm³/mol. The lowest BCUT2D eigenvalue weighted by molar-refractivity contribution is 1.01. The molecule has 0 fully saturated rings. The molecule has 0 aliphatic rings. The summed E-state index contributed by atoms with van der Waals surface area (Å²) in [6, 6.07) is 1.65. The molecule has 0 spiro atoms. The minimum Gasteiger partial charge on any atom is -0.397 e. The molecular formula is C9H8ClN5. The third-order valence-electron chi connectivity index (χ3n) is 1.48. The highest BCUT2D eigenvalue weighted by atomic mass is 35.5. The number of hydrogen-bond acceptors (Lipinski definition) is 3. The largest absolute Gasteiger partial charge is 0.397 e. The summed E-state index contributed by atoms with van der Waals surface area (Å²) < 4.78 is 0. The van der Waals surface area contributed by atoms with Crippen molar-refractivity contribution in [2.75, 3.05) is 12.3 Å². The maximum Gasteiger partial charge on any atom is 0.144 e. The lowest BCUT2D eigenvalue weighted by atomic mass is 10.2. The van der Waals surface area contributed by atoms with E-state index in [2.05, 4.69) is 26.9 Å². The van der Waals surface area contributed by atoms with Crippen LogP contribution in [-0.4, -0.2) is 11.5 Å². The minimum atomic E-state index is 0.320. The van der Waals surface area contributed by atoms with E-state index in [0.717, 1.165) is 0 Å². The molecule has 76 valence electrons. The molecule has 1 heterocycles. The molecule has 1 aromatic rings. The summed E-state index contributed by atoms with van der Waals surface area (Å²) in [6.45, 7) is 0.344. The zero-order valence-corrected chi connectivity index (χ0v) is 8.57. The second-order valence-corrected chi connectivity index (χ2v) is 2.97. The Balaban J connectivity index is 2.70. The number of nitrogen functional groups attached to an aromatic ring is 1. The van der Waals surface area contributed by atoms with Crippen molar-refractivity contribution in [1.82, 2.24) is 4.98 Å². The van der Waals surface area contributed by atoms with E-state index in [4.69, 9.17) is 22.9 Å². The fourth-order valence-corrected chi connectivity index (χ4v) is 1.01. The third kappa shape index (κ3) is 3.77. The van der Waals surface area contributed by atoms with Gasteiger partial charge in [0, 0.05) is 17.9 Å². The van der Waals surface area contributed by atoms with Gasteiger partial charge in [0.1, 0.15) is 5.15 Å². The fraction of sp³-hybridized carbons (Fsp3) is 0.222. The number of azide groups is 1. The van der Waals surface area contributed by atoms with Gasteiger partial charge in [0.15, 0.2) is 0 Å². The molecule has 0 saturated carbocycles. The molecule has 15 heavy (non-hydrogen) atoms. The first-order chi connectivity index (χ1) is 7.24. The van der Waals surface area contributed by atoms with E-state index in [-0.39, 0.29) is 0 Å². The average Bonchev–Trinajstić information content (AvgIpc) is 2.23. The number of nitrogens with two attached hydrogens (primary N) is 1. The van der Waals surface area contributed by atoms with E-state index < -0.39 is 0 Å². The van der Waals surface area contributed by atoms with Gasteiger partial charge in [-0.1, -0.05) is 28.6 Å². The SMILES string of the molecule is [N-]=[N+]=NCCC#Cc1cc(N)cnc1Cl. The van der Waals surface area contributed by atoms with Crippen molar-refractivity contribution >= 4 is 17.3 Å². The molecule has 0 aromatic carbocycles. The molecule has 5 nitrogen and oxygen atoms in total. The minimum absolute atomic E-state index is 0.320. The molecule has 0 unspecified atom stereocenters. The van der Waals surface area contributed by atoms with E-state index in [1.54, 1.807) is 6.07 Å². The zero-order valence-electron chi connectivity index (χ0n) is 7.81. The maximum atomic E-state index is 8.03. The number of pyridine rings is 1. The van der Waals surface area contributed by atoms with E-state index >= 15 is 0 Å². The van der Waals surface area contributed by atoms with Crippen LogP contribution in [0.3, 0.4) is 0 Å². The highest BCUT2D eigenvalue weighted by molar-refractivity contribution is 6.30. The van der Waals surface area contributed by atoms with Gasteiger partial charge in [-0.25, -0.2) is 4.98 Å². The van der Waals surface area contributed by atoms with Crippen LogP contribution in [0, 0.1) is 11.8 Å². The monoisotopic (exact) mass is 221 g/mol. The molecular weight excluding hydrogens is 214 g/mol. The number of nitrogens with zero attached hydrogens (tertiary/aromatic N) is 4. The molecule has 0 aliphatic carbocycles. The molecule has 0 aliphatic heterocycles. The first-order valence-electron chi connectivity index (χ1n) is 4.15. The first-order valence-corrected chi connectivity index (χ1v) is 4.52. The van der Waals surface area contributed by atoms with Gasteiger partial charge >= 0.3 is 0 Å². The normalized spacial score (nSPS) is 8.60. The van der Waals surface area contributed by atoms with Gasteiger partial charge in [0.2, 0.25) is 0 Å². The van der Waals surface area contributed by atoms with Gasteiger partial charge in [-0.3, -0.25) is 0 Å². The zero-order chi connectivity index (χ0) is 11.1. The van der Waals surface area contributed by atoms with Crippen molar-refractivity contribution < 1.29 is 0 Å². The molecule has 2 N–H and O–H groups in total. The Morgan fingerprint density at radius 1 is 1.67 bits per heavy atom. The number of hydrogen-bond donors (Lipinski definition) is 1. The quantitative estimate of drug-likeness (QED) is 0.208.